The van der Waals surface area contributed by atoms with Gasteiger partial charge >= 0.3 is 0 Å². The lowest BCUT2D eigenvalue weighted by atomic mass is 10.4. The number of thiophene rings is 1. The topological polar surface area (TPSA) is 59.3 Å². The first-order valence-electron chi connectivity index (χ1n) is 5.86. The second kappa shape index (κ2) is 7.15. The molecule has 2 rings (SSSR count). The lowest BCUT2D eigenvalue weighted by Gasteiger charge is -2.02. The van der Waals surface area contributed by atoms with Crippen LogP contribution in [0.2, 0.25) is 0 Å². The Morgan fingerprint density at radius 1 is 1.44 bits per heavy atom. The van der Waals surface area contributed by atoms with Crippen molar-refractivity contribution in [1.82, 2.24) is 9.78 Å². The van der Waals surface area contributed by atoms with E-state index < -0.39 is 0 Å². The molecule has 5 nitrogen and oxygen atoms in total. The van der Waals surface area contributed by atoms with E-state index in [0.29, 0.717) is 19.8 Å². The summed E-state index contributed by atoms with van der Waals surface area (Å²) in [6, 6.07) is 4.15. The summed E-state index contributed by atoms with van der Waals surface area (Å²) in [5.74, 6) is 0. The highest BCUT2D eigenvalue weighted by Crippen LogP contribution is 2.12. The Kier molecular flexibility index (Phi) is 5.19. The summed E-state index contributed by atoms with van der Waals surface area (Å²) in [7, 11) is 0. The van der Waals surface area contributed by atoms with Gasteiger partial charge in [0.15, 0.2) is 0 Å². The van der Waals surface area contributed by atoms with Gasteiger partial charge in [-0.15, -0.1) is 11.3 Å². The summed E-state index contributed by atoms with van der Waals surface area (Å²) in [6.45, 7) is 2.52. The molecule has 2 aromatic rings. The van der Waals surface area contributed by atoms with Gasteiger partial charge in [-0.2, -0.15) is 5.10 Å². The number of rotatable bonds is 8. The second-order valence-corrected chi connectivity index (χ2v) is 4.79. The monoisotopic (exact) mass is 267 g/mol. The van der Waals surface area contributed by atoms with Gasteiger partial charge in [0.25, 0.3) is 0 Å². The van der Waals surface area contributed by atoms with E-state index in [0.717, 1.165) is 12.2 Å². The molecule has 0 saturated carbocycles. The third kappa shape index (κ3) is 4.14. The van der Waals surface area contributed by atoms with E-state index in [-0.39, 0.29) is 6.61 Å². The fraction of sp³-hybridized carbons (Fsp3) is 0.417. The number of anilines is 1. The molecule has 6 heteroatoms. The van der Waals surface area contributed by atoms with Gasteiger partial charge in [0.2, 0.25) is 0 Å². The molecule has 0 fully saturated rings. The molecule has 0 aromatic carbocycles. The molecule has 0 saturated heterocycles. The van der Waals surface area contributed by atoms with Gasteiger partial charge in [-0.25, -0.2) is 0 Å². The minimum atomic E-state index is 0.0622. The zero-order valence-electron chi connectivity index (χ0n) is 10.1. The largest absolute Gasteiger partial charge is 0.394 e. The van der Waals surface area contributed by atoms with Crippen LogP contribution in [0.3, 0.4) is 0 Å². The molecule has 2 N–H and O–H groups in total. The molecule has 0 spiro atoms. The van der Waals surface area contributed by atoms with E-state index in [9.17, 15) is 0 Å². The van der Waals surface area contributed by atoms with Crippen LogP contribution in [-0.4, -0.2) is 34.7 Å². The minimum absolute atomic E-state index is 0.0622. The van der Waals surface area contributed by atoms with Gasteiger partial charge in [-0.1, -0.05) is 6.07 Å². The van der Waals surface area contributed by atoms with Gasteiger partial charge in [0, 0.05) is 17.6 Å². The highest BCUT2D eigenvalue weighted by atomic mass is 32.1. The third-order valence-corrected chi connectivity index (χ3v) is 3.26. The number of aliphatic hydroxyl groups is 1. The normalized spacial score (nSPS) is 10.7. The Morgan fingerprint density at radius 3 is 3.17 bits per heavy atom. The van der Waals surface area contributed by atoms with E-state index in [2.05, 4.69) is 21.9 Å². The second-order valence-electron chi connectivity index (χ2n) is 3.76. The summed E-state index contributed by atoms with van der Waals surface area (Å²) in [6.07, 6.45) is 3.76. The molecular formula is C12H17N3O2S. The average molecular weight is 267 g/mol. The maximum absolute atomic E-state index is 8.57. The van der Waals surface area contributed by atoms with Crippen molar-refractivity contribution in [2.75, 3.05) is 25.1 Å². The van der Waals surface area contributed by atoms with Crippen molar-refractivity contribution in [3.8, 4) is 0 Å². The third-order valence-electron chi connectivity index (χ3n) is 2.38. The van der Waals surface area contributed by atoms with Crippen molar-refractivity contribution < 1.29 is 9.84 Å². The van der Waals surface area contributed by atoms with E-state index in [1.54, 1.807) is 17.5 Å². The van der Waals surface area contributed by atoms with Crippen molar-refractivity contribution in [1.29, 1.82) is 0 Å². The summed E-state index contributed by atoms with van der Waals surface area (Å²) in [5.41, 5.74) is 1.01. The molecule has 0 bridgehead atoms. The number of nitrogens with zero attached hydrogens (tertiary/aromatic N) is 2. The van der Waals surface area contributed by atoms with Gasteiger partial charge in [0.1, 0.15) is 0 Å². The first-order valence-corrected chi connectivity index (χ1v) is 6.74. The van der Waals surface area contributed by atoms with Crippen LogP contribution in [0, 0.1) is 0 Å². The lowest BCUT2D eigenvalue weighted by Crippen LogP contribution is -2.08. The average Bonchev–Trinajstić information content (AvgIpc) is 3.03. The van der Waals surface area contributed by atoms with Crippen LogP contribution in [0.4, 0.5) is 5.69 Å². The van der Waals surface area contributed by atoms with Crippen LogP contribution < -0.4 is 5.32 Å². The number of hydrogen-bond acceptors (Lipinski definition) is 5. The number of aromatic nitrogens is 2. The Morgan fingerprint density at radius 2 is 2.39 bits per heavy atom. The molecule has 0 aliphatic rings. The van der Waals surface area contributed by atoms with Crippen molar-refractivity contribution in [3.05, 3.63) is 34.8 Å². The molecule has 0 atom stereocenters. The molecule has 0 aliphatic carbocycles. The standard InChI is InChI=1S/C12H17N3O2S/c16-4-6-17-5-3-15-10-11(8-14-15)13-9-12-2-1-7-18-12/h1-2,7-8,10,13,16H,3-6,9H2. The van der Waals surface area contributed by atoms with Crippen LogP contribution >= 0.6 is 11.3 Å². The van der Waals surface area contributed by atoms with E-state index in [4.69, 9.17) is 9.84 Å². The fourth-order valence-electron chi connectivity index (χ4n) is 1.50. The van der Waals surface area contributed by atoms with Gasteiger partial charge in [-0.05, 0) is 11.4 Å². The highest BCUT2D eigenvalue weighted by molar-refractivity contribution is 7.09. The molecule has 0 amide bonds. The van der Waals surface area contributed by atoms with Gasteiger partial charge < -0.3 is 15.2 Å². The first kappa shape index (κ1) is 13.1. The Balaban J connectivity index is 1.72. The summed E-state index contributed by atoms with van der Waals surface area (Å²) in [5, 5.41) is 18.2. The Labute approximate surface area is 110 Å². The van der Waals surface area contributed by atoms with Crippen LogP contribution in [0.5, 0.6) is 0 Å². The molecule has 0 radical (unpaired) electrons. The number of nitrogens with one attached hydrogen (secondary N) is 1. The molecule has 2 aromatic heterocycles. The number of aliphatic hydroxyl groups excluding tert-OH is 1. The quantitative estimate of drug-likeness (QED) is 0.713. The molecule has 2 heterocycles. The Bertz CT molecular complexity index is 442. The van der Waals surface area contributed by atoms with Crippen molar-refractivity contribution in [2.45, 2.75) is 13.1 Å². The number of ether oxygens (including phenoxy) is 1. The fourth-order valence-corrected chi connectivity index (χ4v) is 2.15. The van der Waals surface area contributed by atoms with Crippen LogP contribution in [-0.2, 0) is 17.8 Å². The predicted octanol–water partition coefficient (Wildman–Crippen LogP) is 1.57. The SMILES string of the molecule is OCCOCCn1cc(NCc2cccs2)cn1. The van der Waals surface area contributed by atoms with Gasteiger partial charge in [-0.3, -0.25) is 4.68 Å². The van der Waals surface area contributed by atoms with Crippen molar-refractivity contribution in [2.24, 2.45) is 0 Å². The summed E-state index contributed by atoms with van der Waals surface area (Å²) < 4.78 is 7.01. The summed E-state index contributed by atoms with van der Waals surface area (Å²) in [4.78, 5) is 1.30. The first-order chi connectivity index (χ1) is 8.88. The Hall–Kier alpha value is -1.37. The maximum atomic E-state index is 8.57. The molecular weight excluding hydrogens is 250 g/mol. The zero-order valence-corrected chi connectivity index (χ0v) is 10.9. The molecule has 0 aliphatic heterocycles. The predicted molar refractivity (Wildman–Crippen MR) is 71.8 cm³/mol. The lowest BCUT2D eigenvalue weighted by molar-refractivity contribution is 0.0854. The van der Waals surface area contributed by atoms with E-state index in [1.165, 1.54) is 4.88 Å². The zero-order chi connectivity index (χ0) is 12.6. The number of hydrogen-bond donors (Lipinski definition) is 2. The maximum Gasteiger partial charge on any atom is 0.0729 e. The minimum Gasteiger partial charge on any atom is -0.394 e. The molecule has 98 valence electrons. The van der Waals surface area contributed by atoms with Crippen molar-refractivity contribution >= 4 is 17.0 Å². The smallest absolute Gasteiger partial charge is 0.0729 e. The molecule has 18 heavy (non-hydrogen) atoms. The summed E-state index contributed by atoms with van der Waals surface area (Å²) >= 11 is 1.73. The highest BCUT2D eigenvalue weighted by Gasteiger charge is 1.99. The van der Waals surface area contributed by atoms with E-state index >= 15 is 0 Å². The van der Waals surface area contributed by atoms with Crippen molar-refractivity contribution in [3.63, 3.8) is 0 Å². The van der Waals surface area contributed by atoms with Crippen LogP contribution in [0.25, 0.3) is 0 Å². The molecule has 0 unspecified atom stereocenters. The van der Waals surface area contributed by atoms with E-state index in [1.807, 2.05) is 16.9 Å². The van der Waals surface area contributed by atoms with Gasteiger partial charge in [0.05, 0.1) is 38.2 Å². The van der Waals surface area contributed by atoms with Crippen LogP contribution in [0.15, 0.2) is 29.9 Å². The van der Waals surface area contributed by atoms with Crippen LogP contribution in [0.1, 0.15) is 4.88 Å².